The lowest BCUT2D eigenvalue weighted by molar-refractivity contribution is 0.256. The van der Waals surface area contributed by atoms with Gasteiger partial charge in [0.1, 0.15) is 5.82 Å². The van der Waals surface area contributed by atoms with Gasteiger partial charge >= 0.3 is 6.03 Å². The lowest BCUT2D eigenvalue weighted by Crippen LogP contribution is -2.32. The van der Waals surface area contributed by atoms with E-state index in [1.54, 1.807) is 25.1 Å². The van der Waals surface area contributed by atoms with Crippen molar-refractivity contribution >= 4 is 45.1 Å². The Bertz CT molecular complexity index is 613. The molecule has 1 aromatic heterocycles. The zero-order valence-electron chi connectivity index (χ0n) is 10.1. The summed E-state index contributed by atoms with van der Waals surface area (Å²) in [5.41, 5.74) is 6.78. The summed E-state index contributed by atoms with van der Waals surface area (Å²) in [6, 6.07) is 9.94. The number of benzene rings is 1. The van der Waals surface area contributed by atoms with E-state index in [9.17, 15) is 4.79 Å². The van der Waals surface area contributed by atoms with Gasteiger partial charge in [0.2, 0.25) is 0 Å². The highest BCUT2D eigenvalue weighted by Crippen LogP contribution is 2.32. The average molecular weight is 341 g/mol. The number of aromatic nitrogens is 1. The van der Waals surface area contributed by atoms with Crippen LogP contribution in [-0.2, 0) is 0 Å². The maximum absolute atomic E-state index is 11.7. The molecule has 4 nitrogen and oxygen atoms in total. The van der Waals surface area contributed by atoms with Crippen molar-refractivity contribution in [3.8, 4) is 0 Å². The van der Waals surface area contributed by atoms with Crippen LogP contribution in [0.3, 0.4) is 0 Å². The first-order valence-electron chi connectivity index (χ1n) is 5.47. The fourth-order valence-corrected chi connectivity index (χ4v) is 2.43. The van der Waals surface area contributed by atoms with E-state index in [2.05, 4.69) is 20.9 Å². The SMILES string of the molecule is Cc1cc(Cl)cc(N(C(N)=O)c2ccccc2Br)n1. The summed E-state index contributed by atoms with van der Waals surface area (Å²) >= 11 is 9.38. The molecule has 0 radical (unpaired) electrons. The number of amides is 2. The molecule has 1 aromatic carbocycles. The van der Waals surface area contributed by atoms with E-state index in [-0.39, 0.29) is 0 Å². The molecule has 0 atom stereocenters. The van der Waals surface area contributed by atoms with E-state index in [0.29, 0.717) is 22.2 Å². The molecule has 0 unspecified atom stereocenters. The lowest BCUT2D eigenvalue weighted by atomic mass is 10.3. The van der Waals surface area contributed by atoms with Gasteiger partial charge in [-0.15, -0.1) is 0 Å². The number of anilines is 2. The molecule has 2 rings (SSSR count). The van der Waals surface area contributed by atoms with Crippen molar-refractivity contribution in [3.05, 3.63) is 51.6 Å². The number of carbonyl (C=O) groups excluding carboxylic acids is 1. The largest absolute Gasteiger partial charge is 0.351 e. The first-order valence-corrected chi connectivity index (χ1v) is 6.64. The molecule has 0 aliphatic heterocycles. The van der Waals surface area contributed by atoms with Crippen molar-refractivity contribution in [3.63, 3.8) is 0 Å². The van der Waals surface area contributed by atoms with Crippen LogP contribution in [0.5, 0.6) is 0 Å². The van der Waals surface area contributed by atoms with Crippen LogP contribution in [0, 0.1) is 6.92 Å². The number of nitrogens with zero attached hydrogens (tertiary/aromatic N) is 2. The summed E-state index contributed by atoms with van der Waals surface area (Å²) in [7, 11) is 0. The molecule has 19 heavy (non-hydrogen) atoms. The van der Waals surface area contributed by atoms with Crippen LogP contribution in [0.4, 0.5) is 16.3 Å². The Morgan fingerprint density at radius 2 is 2.05 bits per heavy atom. The molecule has 0 fully saturated rings. The number of rotatable bonds is 2. The lowest BCUT2D eigenvalue weighted by Gasteiger charge is -2.21. The molecule has 98 valence electrons. The molecular weight excluding hydrogens is 330 g/mol. The number of hydrogen-bond donors (Lipinski definition) is 1. The molecule has 0 spiro atoms. The van der Waals surface area contributed by atoms with Gasteiger partial charge in [0, 0.05) is 21.3 Å². The van der Waals surface area contributed by atoms with Crippen LogP contribution < -0.4 is 10.6 Å². The van der Waals surface area contributed by atoms with E-state index in [1.165, 1.54) is 4.90 Å². The van der Waals surface area contributed by atoms with Crippen LogP contribution in [0.2, 0.25) is 5.02 Å². The zero-order chi connectivity index (χ0) is 14.0. The first kappa shape index (κ1) is 13.8. The van der Waals surface area contributed by atoms with Gasteiger partial charge in [-0.25, -0.2) is 14.7 Å². The minimum Gasteiger partial charge on any atom is -0.351 e. The van der Waals surface area contributed by atoms with Crippen molar-refractivity contribution in [2.24, 2.45) is 5.73 Å². The van der Waals surface area contributed by atoms with Crippen molar-refractivity contribution in [2.45, 2.75) is 6.92 Å². The third-order valence-corrected chi connectivity index (χ3v) is 3.34. The highest BCUT2D eigenvalue weighted by Gasteiger charge is 2.19. The second-order valence-corrected chi connectivity index (χ2v) is 5.20. The van der Waals surface area contributed by atoms with Gasteiger partial charge in [-0.05, 0) is 41.1 Å². The van der Waals surface area contributed by atoms with Gasteiger partial charge in [-0.3, -0.25) is 0 Å². The predicted octanol–water partition coefficient (Wildman–Crippen LogP) is 4.02. The van der Waals surface area contributed by atoms with Gasteiger partial charge in [0.25, 0.3) is 0 Å². The van der Waals surface area contributed by atoms with Crippen molar-refractivity contribution in [2.75, 3.05) is 4.90 Å². The summed E-state index contributed by atoms with van der Waals surface area (Å²) in [6.07, 6.45) is 0. The van der Waals surface area contributed by atoms with E-state index >= 15 is 0 Å². The minimum atomic E-state index is -0.624. The standard InChI is InChI=1S/C13H11BrClN3O/c1-8-6-9(15)7-12(17-8)18(13(16)19)11-5-3-2-4-10(11)14/h2-7H,1H3,(H2,16,19). The minimum absolute atomic E-state index is 0.393. The summed E-state index contributed by atoms with van der Waals surface area (Å²) in [5, 5.41) is 0.501. The van der Waals surface area contributed by atoms with E-state index in [4.69, 9.17) is 17.3 Å². The second kappa shape index (κ2) is 5.59. The highest BCUT2D eigenvalue weighted by molar-refractivity contribution is 9.10. The molecule has 6 heteroatoms. The fraction of sp³-hybridized carbons (Fsp3) is 0.0769. The first-order chi connectivity index (χ1) is 8.99. The Morgan fingerprint density at radius 3 is 2.63 bits per heavy atom. The van der Waals surface area contributed by atoms with E-state index < -0.39 is 6.03 Å². The van der Waals surface area contributed by atoms with Crippen LogP contribution in [0.1, 0.15) is 5.69 Å². The van der Waals surface area contributed by atoms with Gasteiger partial charge < -0.3 is 5.73 Å². The molecule has 0 saturated carbocycles. The Morgan fingerprint density at radius 1 is 1.37 bits per heavy atom. The normalized spacial score (nSPS) is 10.3. The number of halogens is 2. The summed E-state index contributed by atoms with van der Waals surface area (Å²) in [4.78, 5) is 17.3. The molecule has 2 amide bonds. The quantitative estimate of drug-likeness (QED) is 0.897. The number of nitrogens with two attached hydrogens (primary N) is 1. The third-order valence-electron chi connectivity index (χ3n) is 2.45. The number of pyridine rings is 1. The Kier molecular flexibility index (Phi) is 4.07. The van der Waals surface area contributed by atoms with Crippen LogP contribution >= 0.6 is 27.5 Å². The maximum Gasteiger partial charge on any atom is 0.325 e. The number of para-hydroxylation sites is 1. The molecule has 0 aliphatic rings. The Hall–Kier alpha value is -1.59. The van der Waals surface area contributed by atoms with Crippen molar-refractivity contribution in [1.29, 1.82) is 0 Å². The third kappa shape index (κ3) is 3.05. The number of aryl methyl sites for hydroxylation is 1. The molecule has 0 saturated heterocycles. The summed E-state index contributed by atoms with van der Waals surface area (Å²) in [5.74, 6) is 0.393. The maximum atomic E-state index is 11.7. The van der Waals surface area contributed by atoms with Gasteiger partial charge in [0.05, 0.1) is 5.69 Å². The average Bonchev–Trinajstić information content (AvgIpc) is 2.30. The number of primary amides is 1. The van der Waals surface area contributed by atoms with E-state index in [0.717, 1.165) is 4.47 Å². The van der Waals surface area contributed by atoms with Crippen molar-refractivity contribution < 1.29 is 4.79 Å². The van der Waals surface area contributed by atoms with Crippen LogP contribution in [-0.4, -0.2) is 11.0 Å². The monoisotopic (exact) mass is 339 g/mol. The van der Waals surface area contributed by atoms with Crippen LogP contribution in [0.15, 0.2) is 40.9 Å². The molecule has 2 N–H and O–H groups in total. The zero-order valence-corrected chi connectivity index (χ0v) is 12.4. The van der Waals surface area contributed by atoms with Gasteiger partial charge in [-0.2, -0.15) is 0 Å². The predicted molar refractivity (Wildman–Crippen MR) is 79.8 cm³/mol. The molecular formula is C13H11BrClN3O. The second-order valence-electron chi connectivity index (χ2n) is 3.91. The number of carbonyl (C=O) groups is 1. The highest BCUT2D eigenvalue weighted by atomic mass is 79.9. The van der Waals surface area contributed by atoms with E-state index in [1.807, 2.05) is 18.2 Å². The van der Waals surface area contributed by atoms with Crippen molar-refractivity contribution in [1.82, 2.24) is 4.98 Å². The van der Waals surface area contributed by atoms with Gasteiger partial charge in [-0.1, -0.05) is 23.7 Å². The molecule has 0 bridgehead atoms. The smallest absolute Gasteiger partial charge is 0.325 e. The Labute approximate surface area is 124 Å². The Balaban J connectivity index is 2.58. The summed E-state index contributed by atoms with van der Waals surface area (Å²) < 4.78 is 0.744. The van der Waals surface area contributed by atoms with Gasteiger partial charge in [0.15, 0.2) is 0 Å². The molecule has 1 heterocycles. The molecule has 0 aliphatic carbocycles. The number of hydrogen-bond acceptors (Lipinski definition) is 2. The molecule has 2 aromatic rings. The topological polar surface area (TPSA) is 59.2 Å². The van der Waals surface area contributed by atoms with Crippen LogP contribution in [0.25, 0.3) is 0 Å². The summed E-state index contributed by atoms with van der Waals surface area (Å²) in [6.45, 7) is 1.80. The fourth-order valence-electron chi connectivity index (χ4n) is 1.71. The number of urea groups is 1.